The third kappa shape index (κ3) is 3.17. The van der Waals surface area contributed by atoms with Crippen LogP contribution in [0.2, 0.25) is 0 Å². The van der Waals surface area contributed by atoms with Gasteiger partial charge in [0.05, 0.1) is 11.8 Å². The first-order chi connectivity index (χ1) is 10.3. The first kappa shape index (κ1) is 14.3. The minimum Gasteiger partial charge on any atom is -0.393 e. The molecule has 1 saturated carbocycles. The highest BCUT2D eigenvalue weighted by molar-refractivity contribution is 5.78. The zero-order chi connectivity index (χ0) is 14.7. The minimum absolute atomic E-state index is 0.151. The van der Waals surface area contributed by atoms with E-state index in [9.17, 15) is 5.11 Å². The van der Waals surface area contributed by atoms with Crippen molar-refractivity contribution >= 4 is 11.9 Å². The molecule has 1 aromatic carbocycles. The molecule has 0 amide bonds. The van der Waals surface area contributed by atoms with Crippen molar-refractivity contribution in [3.8, 4) is 0 Å². The Morgan fingerprint density at radius 1 is 1.19 bits per heavy atom. The second-order valence-corrected chi connectivity index (χ2v) is 5.92. The number of hydrogen-bond acceptors (Lipinski definition) is 4. The molecule has 0 aromatic heterocycles. The Kier molecular flexibility index (Phi) is 4.36. The van der Waals surface area contributed by atoms with Gasteiger partial charge in [0, 0.05) is 18.7 Å². The van der Waals surface area contributed by atoms with Gasteiger partial charge in [-0.25, -0.2) is 0 Å². The van der Waals surface area contributed by atoms with E-state index in [1.165, 1.54) is 11.1 Å². The van der Waals surface area contributed by atoms with E-state index in [0.29, 0.717) is 12.5 Å². The van der Waals surface area contributed by atoms with Gasteiger partial charge in [0.15, 0.2) is 0 Å². The lowest BCUT2D eigenvalue weighted by Crippen LogP contribution is -2.24. The predicted octanol–water partition coefficient (Wildman–Crippen LogP) is 2.39. The van der Waals surface area contributed by atoms with Gasteiger partial charge >= 0.3 is 0 Å². The fraction of sp³-hybridized carbons (Fsp3) is 0.471. The maximum Gasteiger partial charge on any atom is 0.0632 e. The Hall–Kier alpha value is -1.65. The summed E-state index contributed by atoms with van der Waals surface area (Å²) < 4.78 is 0. The van der Waals surface area contributed by atoms with E-state index in [0.717, 1.165) is 43.4 Å². The number of nitrogens with zero attached hydrogens (tertiary/aromatic N) is 1. The molecule has 3 rings (SSSR count). The summed E-state index contributed by atoms with van der Waals surface area (Å²) in [6.07, 6.45) is 6.63. The topological polar surface area (TPSA) is 70.6 Å². The van der Waals surface area contributed by atoms with E-state index >= 15 is 0 Å². The molecule has 2 unspecified atom stereocenters. The molecule has 1 fully saturated rings. The number of benzene rings is 1. The van der Waals surface area contributed by atoms with Gasteiger partial charge in [-0.2, -0.15) is 5.10 Å². The van der Waals surface area contributed by atoms with Gasteiger partial charge in [-0.15, -0.1) is 0 Å². The highest BCUT2D eigenvalue weighted by Gasteiger charge is 2.24. The Morgan fingerprint density at radius 2 is 2.00 bits per heavy atom. The number of fused-ring (bicyclic) bond motifs is 1. The fourth-order valence-electron chi connectivity index (χ4n) is 3.20. The van der Waals surface area contributed by atoms with Gasteiger partial charge in [0.2, 0.25) is 0 Å². The zero-order valence-electron chi connectivity index (χ0n) is 12.3. The average molecular weight is 285 g/mol. The monoisotopic (exact) mass is 285 g/mol. The number of allylic oxidation sites excluding steroid dienone is 1. The fourth-order valence-corrected chi connectivity index (χ4v) is 3.20. The molecule has 2 atom stereocenters. The Bertz CT molecular complexity index is 548. The maximum absolute atomic E-state index is 9.86. The van der Waals surface area contributed by atoms with Crippen LogP contribution in [0.4, 0.5) is 0 Å². The standard InChI is InChI=1S/C17H23N3O/c18-10-12-4-6-13(7-5-12)17-16-3-1-2-15(21)9-8-14(16)11-19-20-17/h4-7,11,14-15,20-21H,1-3,8-10,18H2. The van der Waals surface area contributed by atoms with Crippen molar-refractivity contribution < 1.29 is 5.11 Å². The first-order valence-corrected chi connectivity index (χ1v) is 7.77. The van der Waals surface area contributed by atoms with Crippen LogP contribution in [0.3, 0.4) is 0 Å². The van der Waals surface area contributed by atoms with Crippen LogP contribution in [-0.2, 0) is 6.54 Å². The lowest BCUT2D eigenvalue weighted by Gasteiger charge is -2.28. The SMILES string of the molecule is NCc1ccc(C2=C3CCCC(O)CCC3C=NN2)cc1. The second kappa shape index (κ2) is 6.41. The third-order valence-corrected chi connectivity index (χ3v) is 4.47. The van der Waals surface area contributed by atoms with Crippen molar-refractivity contribution in [2.24, 2.45) is 16.8 Å². The molecule has 0 radical (unpaired) electrons. The van der Waals surface area contributed by atoms with Gasteiger partial charge in [-0.05, 0) is 48.8 Å². The van der Waals surface area contributed by atoms with Gasteiger partial charge < -0.3 is 10.8 Å². The average Bonchev–Trinajstić information content (AvgIpc) is 2.51. The second-order valence-electron chi connectivity index (χ2n) is 5.92. The van der Waals surface area contributed by atoms with Gasteiger partial charge in [0.25, 0.3) is 0 Å². The molecule has 1 heterocycles. The molecule has 112 valence electrons. The molecule has 0 spiro atoms. The summed E-state index contributed by atoms with van der Waals surface area (Å²) in [6.45, 7) is 0.568. The van der Waals surface area contributed by atoms with Crippen molar-refractivity contribution in [2.75, 3.05) is 0 Å². The van der Waals surface area contributed by atoms with Crippen LogP contribution in [0.25, 0.3) is 5.70 Å². The van der Waals surface area contributed by atoms with Crippen molar-refractivity contribution in [3.63, 3.8) is 0 Å². The number of aliphatic hydroxyl groups excluding tert-OH is 1. The molecule has 1 aliphatic heterocycles. The van der Waals surface area contributed by atoms with Crippen LogP contribution in [-0.4, -0.2) is 17.4 Å². The zero-order valence-corrected chi connectivity index (χ0v) is 12.3. The van der Waals surface area contributed by atoms with E-state index in [1.807, 2.05) is 6.21 Å². The number of rotatable bonds is 2. The first-order valence-electron chi connectivity index (χ1n) is 7.77. The van der Waals surface area contributed by atoms with Crippen LogP contribution in [0.15, 0.2) is 34.9 Å². The smallest absolute Gasteiger partial charge is 0.0632 e. The molecular weight excluding hydrogens is 262 g/mol. The number of nitrogens with one attached hydrogen (secondary N) is 1. The number of hydrazone groups is 1. The summed E-state index contributed by atoms with van der Waals surface area (Å²) >= 11 is 0. The van der Waals surface area contributed by atoms with Gasteiger partial charge in [0.1, 0.15) is 0 Å². The molecule has 2 aliphatic rings. The highest BCUT2D eigenvalue weighted by atomic mass is 16.3. The van der Waals surface area contributed by atoms with Crippen molar-refractivity contribution in [1.29, 1.82) is 0 Å². The lowest BCUT2D eigenvalue weighted by atomic mass is 9.83. The summed E-state index contributed by atoms with van der Waals surface area (Å²) in [5.74, 6) is 0.352. The third-order valence-electron chi connectivity index (χ3n) is 4.47. The van der Waals surface area contributed by atoms with Crippen LogP contribution in [0, 0.1) is 5.92 Å². The normalized spacial score (nSPS) is 25.8. The van der Waals surface area contributed by atoms with Crippen LogP contribution >= 0.6 is 0 Å². The van der Waals surface area contributed by atoms with Gasteiger partial charge in [-0.3, -0.25) is 5.43 Å². The van der Waals surface area contributed by atoms with Crippen molar-refractivity contribution in [2.45, 2.75) is 44.8 Å². The summed E-state index contributed by atoms with van der Waals surface area (Å²) in [6, 6.07) is 8.38. The molecule has 1 aromatic rings. The van der Waals surface area contributed by atoms with E-state index in [2.05, 4.69) is 34.8 Å². The quantitative estimate of drug-likeness (QED) is 0.781. The maximum atomic E-state index is 9.86. The molecule has 4 heteroatoms. The Morgan fingerprint density at radius 3 is 2.76 bits per heavy atom. The van der Waals surface area contributed by atoms with E-state index in [1.54, 1.807) is 0 Å². The Balaban J connectivity index is 1.90. The Labute approximate surface area is 125 Å². The van der Waals surface area contributed by atoms with Crippen LogP contribution in [0.5, 0.6) is 0 Å². The predicted molar refractivity (Wildman–Crippen MR) is 85.5 cm³/mol. The summed E-state index contributed by atoms with van der Waals surface area (Å²) in [5.41, 5.74) is 13.7. The highest BCUT2D eigenvalue weighted by Crippen LogP contribution is 2.33. The number of aliphatic hydroxyl groups is 1. The molecule has 1 aliphatic carbocycles. The van der Waals surface area contributed by atoms with E-state index in [4.69, 9.17) is 5.73 Å². The van der Waals surface area contributed by atoms with Gasteiger partial charge in [-0.1, -0.05) is 24.3 Å². The van der Waals surface area contributed by atoms with Crippen LogP contribution < -0.4 is 11.2 Å². The molecular formula is C17H23N3O. The van der Waals surface area contributed by atoms with E-state index in [-0.39, 0.29) is 6.10 Å². The molecule has 4 N–H and O–H groups in total. The molecule has 4 nitrogen and oxygen atoms in total. The molecule has 0 saturated heterocycles. The largest absolute Gasteiger partial charge is 0.393 e. The summed E-state index contributed by atoms with van der Waals surface area (Å²) in [4.78, 5) is 0. The molecule has 0 bridgehead atoms. The van der Waals surface area contributed by atoms with Crippen molar-refractivity contribution in [3.05, 3.63) is 41.0 Å². The molecule has 21 heavy (non-hydrogen) atoms. The summed E-state index contributed by atoms with van der Waals surface area (Å²) in [7, 11) is 0. The number of hydrogen-bond donors (Lipinski definition) is 3. The van der Waals surface area contributed by atoms with E-state index < -0.39 is 0 Å². The van der Waals surface area contributed by atoms with Crippen LogP contribution in [0.1, 0.15) is 43.2 Å². The summed E-state index contributed by atoms with van der Waals surface area (Å²) in [5, 5.41) is 14.2. The van der Waals surface area contributed by atoms with Crippen molar-refractivity contribution in [1.82, 2.24) is 5.43 Å². The minimum atomic E-state index is -0.151. The number of nitrogens with two attached hydrogens (primary N) is 1. The lowest BCUT2D eigenvalue weighted by molar-refractivity contribution is 0.143.